The maximum atomic E-state index is 12.0. The van der Waals surface area contributed by atoms with Crippen LogP contribution in [-0.2, 0) is 7.05 Å². The number of amides is 1. The van der Waals surface area contributed by atoms with Crippen LogP contribution in [0, 0.1) is 10.1 Å². The number of aromatic hydroxyl groups is 1. The molecule has 0 spiro atoms. The van der Waals surface area contributed by atoms with E-state index in [9.17, 15) is 20.0 Å². The molecule has 1 aromatic heterocycles. The number of aryl methyl sites for hydroxylation is 1. The van der Waals surface area contributed by atoms with Crippen molar-refractivity contribution >= 4 is 33.2 Å². The van der Waals surface area contributed by atoms with Gasteiger partial charge in [-0.15, -0.1) is 0 Å². The Morgan fingerprint density at radius 3 is 2.80 bits per heavy atom. The van der Waals surface area contributed by atoms with Gasteiger partial charge in [0.2, 0.25) is 0 Å². The number of hydrogen-bond acceptors (Lipinski definition) is 5. The van der Waals surface area contributed by atoms with Gasteiger partial charge in [-0.3, -0.25) is 19.6 Å². The minimum Gasteiger partial charge on any atom is -0.506 e. The van der Waals surface area contributed by atoms with Gasteiger partial charge < -0.3 is 10.4 Å². The summed E-state index contributed by atoms with van der Waals surface area (Å²) in [6.45, 7) is 0. The van der Waals surface area contributed by atoms with Crippen molar-refractivity contribution < 1.29 is 14.8 Å². The second-order valence-corrected chi connectivity index (χ2v) is 4.77. The quantitative estimate of drug-likeness (QED) is 0.504. The van der Waals surface area contributed by atoms with Crippen molar-refractivity contribution in [2.45, 2.75) is 0 Å². The highest BCUT2D eigenvalue weighted by atomic mass is 79.9. The molecule has 0 fully saturated rings. The highest BCUT2D eigenvalue weighted by Gasteiger charge is 2.17. The van der Waals surface area contributed by atoms with E-state index in [-0.39, 0.29) is 22.8 Å². The Hall–Kier alpha value is -2.42. The first-order valence-corrected chi connectivity index (χ1v) is 6.15. The molecule has 8 nitrogen and oxygen atoms in total. The molecule has 0 radical (unpaired) electrons. The Morgan fingerprint density at radius 1 is 1.55 bits per heavy atom. The second kappa shape index (κ2) is 5.29. The molecule has 1 amide bonds. The van der Waals surface area contributed by atoms with E-state index in [1.807, 2.05) is 0 Å². The van der Waals surface area contributed by atoms with Crippen LogP contribution in [0.3, 0.4) is 0 Å². The predicted molar refractivity (Wildman–Crippen MR) is 73.6 cm³/mol. The van der Waals surface area contributed by atoms with Gasteiger partial charge in [-0.25, -0.2) is 0 Å². The fourth-order valence-corrected chi connectivity index (χ4v) is 2.09. The van der Waals surface area contributed by atoms with Crippen LogP contribution in [0.15, 0.2) is 28.9 Å². The molecule has 104 valence electrons. The molecule has 9 heteroatoms. The zero-order chi connectivity index (χ0) is 14.9. The van der Waals surface area contributed by atoms with Crippen LogP contribution in [0.5, 0.6) is 5.75 Å². The summed E-state index contributed by atoms with van der Waals surface area (Å²) in [5.74, 6) is -0.857. The molecule has 0 aliphatic rings. The first-order chi connectivity index (χ1) is 9.38. The third-order valence-corrected chi connectivity index (χ3v) is 3.02. The van der Waals surface area contributed by atoms with E-state index in [2.05, 4.69) is 26.3 Å². The largest absolute Gasteiger partial charge is 0.506 e. The molecule has 0 saturated carbocycles. The summed E-state index contributed by atoms with van der Waals surface area (Å²) in [4.78, 5) is 22.0. The fourth-order valence-electron chi connectivity index (χ4n) is 1.53. The lowest BCUT2D eigenvalue weighted by molar-refractivity contribution is -0.384. The van der Waals surface area contributed by atoms with Crippen molar-refractivity contribution in [3.8, 4) is 5.75 Å². The number of hydrogen-bond donors (Lipinski definition) is 2. The van der Waals surface area contributed by atoms with Gasteiger partial charge in [0.05, 0.1) is 15.1 Å². The van der Waals surface area contributed by atoms with Crippen molar-refractivity contribution in [2.24, 2.45) is 7.05 Å². The van der Waals surface area contributed by atoms with E-state index in [0.29, 0.717) is 4.47 Å². The van der Waals surface area contributed by atoms with Gasteiger partial charge in [0.25, 0.3) is 11.6 Å². The third kappa shape index (κ3) is 2.77. The van der Waals surface area contributed by atoms with Crippen LogP contribution >= 0.6 is 15.9 Å². The number of nitrogens with zero attached hydrogens (tertiary/aromatic N) is 3. The lowest BCUT2D eigenvalue weighted by Gasteiger charge is -2.05. The number of nitro groups is 1. The number of carbonyl (C=O) groups is 1. The number of nitro benzene ring substituents is 1. The molecule has 20 heavy (non-hydrogen) atoms. The monoisotopic (exact) mass is 340 g/mol. The molecule has 0 saturated heterocycles. The summed E-state index contributed by atoms with van der Waals surface area (Å²) >= 11 is 3.17. The number of phenols is 1. The summed E-state index contributed by atoms with van der Waals surface area (Å²) in [6.07, 6.45) is 1.59. The molecule has 2 aromatic rings. The number of nitrogens with one attached hydrogen (secondary N) is 1. The van der Waals surface area contributed by atoms with E-state index in [4.69, 9.17) is 0 Å². The second-order valence-electron chi connectivity index (χ2n) is 3.91. The average molecular weight is 341 g/mol. The van der Waals surface area contributed by atoms with E-state index in [1.54, 1.807) is 13.2 Å². The van der Waals surface area contributed by atoms with Crippen LogP contribution in [0.4, 0.5) is 11.4 Å². The highest BCUT2D eigenvalue weighted by molar-refractivity contribution is 9.10. The zero-order valence-corrected chi connectivity index (χ0v) is 11.8. The van der Waals surface area contributed by atoms with Gasteiger partial charge in [0.1, 0.15) is 5.75 Å². The Labute approximate surface area is 121 Å². The number of phenolic OH excluding ortho intramolecular Hbond substituents is 1. The maximum Gasteiger partial charge on any atom is 0.277 e. The molecule has 2 N–H and O–H groups in total. The number of rotatable bonds is 3. The number of aromatic nitrogens is 2. The standard InChI is InChI=1S/C11H9BrN4O4/c1-15-5-7(12)10(14-15)11(18)13-8-4-6(16(19)20)2-3-9(8)17/h2-5,17H,1H3,(H,13,18). The third-order valence-electron chi connectivity index (χ3n) is 2.44. The average Bonchev–Trinajstić information content (AvgIpc) is 2.71. The van der Waals surface area contributed by atoms with Crippen molar-refractivity contribution in [1.82, 2.24) is 9.78 Å². The molecule has 0 unspecified atom stereocenters. The number of anilines is 1. The number of benzene rings is 1. The van der Waals surface area contributed by atoms with Crippen molar-refractivity contribution in [2.75, 3.05) is 5.32 Å². The van der Waals surface area contributed by atoms with E-state index < -0.39 is 10.8 Å². The van der Waals surface area contributed by atoms with E-state index in [1.165, 1.54) is 4.68 Å². The highest BCUT2D eigenvalue weighted by Crippen LogP contribution is 2.28. The topological polar surface area (TPSA) is 110 Å². The number of carbonyl (C=O) groups excluding carboxylic acids is 1. The number of halogens is 1. The minimum atomic E-state index is -0.619. The molecule has 0 aliphatic carbocycles. The molecule has 1 heterocycles. The number of non-ortho nitro benzene ring substituents is 1. The van der Waals surface area contributed by atoms with E-state index >= 15 is 0 Å². The van der Waals surface area contributed by atoms with E-state index in [0.717, 1.165) is 18.2 Å². The van der Waals surface area contributed by atoms with Crippen LogP contribution < -0.4 is 5.32 Å². The molecular formula is C11H9BrN4O4. The molecule has 1 aromatic carbocycles. The lowest BCUT2D eigenvalue weighted by Crippen LogP contribution is -2.13. The van der Waals surface area contributed by atoms with Crippen LogP contribution in [0.25, 0.3) is 0 Å². The molecule has 0 bridgehead atoms. The van der Waals surface area contributed by atoms with Crippen molar-refractivity contribution in [3.63, 3.8) is 0 Å². The Kier molecular flexibility index (Phi) is 3.70. The predicted octanol–water partition coefficient (Wildman–Crippen LogP) is 2.05. The summed E-state index contributed by atoms with van der Waals surface area (Å²) < 4.78 is 1.91. The summed E-state index contributed by atoms with van der Waals surface area (Å²) in [5, 5.41) is 26.6. The molecule has 0 atom stereocenters. The van der Waals surface area contributed by atoms with Crippen molar-refractivity contribution in [1.29, 1.82) is 0 Å². The Bertz CT molecular complexity index is 698. The minimum absolute atomic E-state index is 0.0539. The first kappa shape index (κ1) is 14.0. The van der Waals surface area contributed by atoms with Crippen LogP contribution in [0.1, 0.15) is 10.5 Å². The summed E-state index contributed by atoms with van der Waals surface area (Å²) in [5.41, 5.74) is -0.182. The van der Waals surface area contributed by atoms with Gasteiger partial charge in [-0.1, -0.05) is 0 Å². The lowest BCUT2D eigenvalue weighted by atomic mass is 10.2. The Balaban J connectivity index is 2.30. The fraction of sp³-hybridized carbons (Fsp3) is 0.0909. The normalized spacial score (nSPS) is 10.3. The van der Waals surface area contributed by atoms with Gasteiger partial charge in [-0.2, -0.15) is 5.10 Å². The molecule has 0 aliphatic heterocycles. The van der Waals surface area contributed by atoms with Gasteiger partial charge >= 0.3 is 0 Å². The van der Waals surface area contributed by atoms with Gasteiger partial charge in [-0.05, 0) is 22.0 Å². The van der Waals surface area contributed by atoms with Gasteiger partial charge in [0.15, 0.2) is 5.69 Å². The van der Waals surface area contributed by atoms with Crippen LogP contribution in [0.2, 0.25) is 0 Å². The maximum absolute atomic E-state index is 12.0. The molecular weight excluding hydrogens is 332 g/mol. The smallest absolute Gasteiger partial charge is 0.277 e. The summed E-state index contributed by atoms with van der Waals surface area (Å²) in [7, 11) is 1.65. The van der Waals surface area contributed by atoms with Gasteiger partial charge in [0, 0.05) is 25.4 Å². The zero-order valence-electron chi connectivity index (χ0n) is 10.2. The van der Waals surface area contributed by atoms with Crippen molar-refractivity contribution in [3.05, 3.63) is 44.7 Å². The first-order valence-electron chi connectivity index (χ1n) is 5.36. The summed E-state index contributed by atoms with van der Waals surface area (Å²) in [6, 6.07) is 3.35. The Morgan fingerprint density at radius 2 is 2.25 bits per heavy atom. The van der Waals surface area contributed by atoms with Crippen LogP contribution in [-0.4, -0.2) is 25.7 Å². The molecule has 2 rings (SSSR count). The SMILES string of the molecule is Cn1cc(Br)c(C(=O)Nc2cc([N+](=O)[O-])ccc2O)n1.